The second-order valence-electron chi connectivity index (χ2n) is 5.98. The molecule has 0 saturated carbocycles. The van der Waals surface area contributed by atoms with Gasteiger partial charge in [-0.2, -0.15) is 0 Å². The maximum absolute atomic E-state index is 11.3. The first-order chi connectivity index (χ1) is 11.5. The zero-order chi connectivity index (χ0) is 17.1. The van der Waals surface area contributed by atoms with Crippen LogP contribution in [0.15, 0.2) is 35.1 Å². The molecule has 0 aliphatic carbocycles. The summed E-state index contributed by atoms with van der Waals surface area (Å²) < 4.78 is 5.27. The number of piperidine rings is 3. The Hall–Kier alpha value is -2.34. The minimum absolute atomic E-state index is 0. The topological polar surface area (TPSA) is 68.2 Å². The van der Waals surface area contributed by atoms with Crippen molar-refractivity contribution in [2.24, 2.45) is 11.1 Å². The molecule has 3 aliphatic heterocycles. The predicted octanol–water partition coefficient (Wildman–Crippen LogP) is 3.02. The minimum atomic E-state index is -0.432. The number of fused-ring (bicyclic) bond motifs is 3. The SMILES string of the molecule is CC(=O)ON=C1/C(=C/c2ccccc2OC(C)=O)N2CCC1CC2.Cl. The molecule has 0 unspecified atom stereocenters. The number of esters is 1. The number of rotatable bonds is 3. The highest BCUT2D eigenvalue weighted by Gasteiger charge is 2.35. The number of ether oxygens (including phenoxy) is 1. The van der Waals surface area contributed by atoms with E-state index in [-0.39, 0.29) is 18.4 Å². The van der Waals surface area contributed by atoms with Crippen molar-refractivity contribution in [2.75, 3.05) is 13.1 Å². The summed E-state index contributed by atoms with van der Waals surface area (Å²) in [6.45, 7) is 4.62. The Labute approximate surface area is 152 Å². The van der Waals surface area contributed by atoms with Gasteiger partial charge in [-0.15, -0.1) is 12.4 Å². The van der Waals surface area contributed by atoms with Gasteiger partial charge in [-0.05, 0) is 25.0 Å². The van der Waals surface area contributed by atoms with E-state index in [9.17, 15) is 9.59 Å². The van der Waals surface area contributed by atoms with Crippen LogP contribution in [0.1, 0.15) is 32.3 Å². The maximum atomic E-state index is 11.3. The minimum Gasteiger partial charge on any atom is -0.426 e. The van der Waals surface area contributed by atoms with Crippen LogP contribution in [0.4, 0.5) is 0 Å². The number of carbonyl (C=O) groups excluding carboxylic acids is 2. The monoisotopic (exact) mass is 364 g/mol. The fourth-order valence-corrected chi connectivity index (χ4v) is 3.16. The molecule has 1 aromatic carbocycles. The smallest absolute Gasteiger partial charge is 0.331 e. The van der Waals surface area contributed by atoms with E-state index in [2.05, 4.69) is 10.1 Å². The number of allylic oxidation sites excluding steroid dienone is 1. The summed E-state index contributed by atoms with van der Waals surface area (Å²) in [7, 11) is 0. The highest BCUT2D eigenvalue weighted by Crippen LogP contribution is 2.34. The predicted molar refractivity (Wildman–Crippen MR) is 96.5 cm³/mol. The van der Waals surface area contributed by atoms with E-state index in [1.807, 2.05) is 24.3 Å². The van der Waals surface area contributed by atoms with E-state index in [0.29, 0.717) is 11.7 Å². The quantitative estimate of drug-likeness (QED) is 0.357. The Morgan fingerprint density at radius 3 is 2.48 bits per heavy atom. The van der Waals surface area contributed by atoms with Crippen LogP contribution in [0.3, 0.4) is 0 Å². The average molecular weight is 365 g/mol. The van der Waals surface area contributed by atoms with E-state index in [4.69, 9.17) is 9.57 Å². The molecule has 3 saturated heterocycles. The molecule has 25 heavy (non-hydrogen) atoms. The van der Waals surface area contributed by atoms with Crippen molar-refractivity contribution in [2.45, 2.75) is 26.7 Å². The number of oxime groups is 1. The second kappa shape index (κ2) is 8.16. The number of nitrogens with zero attached hydrogens (tertiary/aromatic N) is 2. The van der Waals surface area contributed by atoms with E-state index in [0.717, 1.165) is 42.9 Å². The zero-order valence-electron chi connectivity index (χ0n) is 14.2. The van der Waals surface area contributed by atoms with Gasteiger partial charge < -0.3 is 14.5 Å². The highest BCUT2D eigenvalue weighted by molar-refractivity contribution is 6.06. The first kappa shape index (κ1) is 19.0. The van der Waals surface area contributed by atoms with Gasteiger partial charge in [0.1, 0.15) is 11.5 Å². The van der Waals surface area contributed by atoms with Crippen LogP contribution in [-0.4, -0.2) is 35.6 Å². The Morgan fingerprint density at radius 1 is 1.16 bits per heavy atom. The van der Waals surface area contributed by atoms with Crippen LogP contribution in [0, 0.1) is 5.92 Å². The third-order valence-electron chi connectivity index (χ3n) is 4.22. The zero-order valence-corrected chi connectivity index (χ0v) is 15.0. The largest absolute Gasteiger partial charge is 0.426 e. The molecule has 3 heterocycles. The third-order valence-corrected chi connectivity index (χ3v) is 4.22. The van der Waals surface area contributed by atoms with Gasteiger partial charge in [-0.1, -0.05) is 23.4 Å². The molecular weight excluding hydrogens is 344 g/mol. The van der Waals surface area contributed by atoms with Crippen LogP contribution in [-0.2, 0) is 14.4 Å². The molecule has 7 heteroatoms. The summed E-state index contributed by atoms with van der Waals surface area (Å²) in [4.78, 5) is 29.5. The summed E-state index contributed by atoms with van der Waals surface area (Å²) in [6.07, 6.45) is 3.96. The fraction of sp³-hybridized carbons (Fsp3) is 0.389. The number of hydrogen-bond acceptors (Lipinski definition) is 6. The van der Waals surface area contributed by atoms with Crippen molar-refractivity contribution in [3.8, 4) is 5.75 Å². The first-order valence-electron chi connectivity index (χ1n) is 8.04. The second-order valence-corrected chi connectivity index (χ2v) is 5.98. The van der Waals surface area contributed by atoms with Gasteiger partial charge in [0.25, 0.3) is 0 Å². The lowest BCUT2D eigenvalue weighted by molar-refractivity contribution is -0.141. The standard InChI is InChI=1S/C18H20N2O4.ClH/c1-12(21)23-17-6-4-3-5-15(17)11-16-18(19-24-13(2)22)14-7-9-20(16)10-8-14;/h3-6,11,14H,7-10H2,1-2H3;1H/b16-11-,19-18?;. The van der Waals surface area contributed by atoms with Crippen LogP contribution in [0.5, 0.6) is 5.75 Å². The maximum Gasteiger partial charge on any atom is 0.331 e. The van der Waals surface area contributed by atoms with Gasteiger partial charge >= 0.3 is 11.9 Å². The summed E-state index contributed by atoms with van der Waals surface area (Å²) >= 11 is 0. The first-order valence-corrected chi connectivity index (χ1v) is 8.04. The summed E-state index contributed by atoms with van der Waals surface area (Å²) in [6, 6.07) is 7.35. The van der Waals surface area contributed by atoms with Gasteiger partial charge in [0, 0.05) is 38.4 Å². The van der Waals surface area contributed by atoms with Crippen molar-refractivity contribution >= 4 is 36.1 Å². The molecule has 0 aromatic heterocycles. The summed E-state index contributed by atoms with van der Waals surface area (Å²) in [5, 5.41) is 4.08. The van der Waals surface area contributed by atoms with Gasteiger partial charge in [0.15, 0.2) is 0 Å². The molecule has 1 aromatic rings. The Kier molecular flexibility index (Phi) is 6.20. The lowest BCUT2D eigenvalue weighted by Gasteiger charge is -2.42. The Bertz CT molecular complexity index is 722. The van der Waals surface area contributed by atoms with Gasteiger partial charge in [-0.3, -0.25) is 4.79 Å². The van der Waals surface area contributed by atoms with Crippen molar-refractivity contribution in [3.63, 3.8) is 0 Å². The molecule has 134 valence electrons. The van der Waals surface area contributed by atoms with Gasteiger partial charge in [0.05, 0.1) is 5.70 Å². The third kappa shape index (κ3) is 4.39. The Balaban J connectivity index is 0.00000225. The number of halogens is 1. The Morgan fingerprint density at radius 2 is 1.84 bits per heavy atom. The number of para-hydroxylation sites is 1. The average Bonchev–Trinajstić information content (AvgIpc) is 2.56. The van der Waals surface area contributed by atoms with E-state index in [1.54, 1.807) is 6.07 Å². The molecule has 0 spiro atoms. The highest BCUT2D eigenvalue weighted by atomic mass is 35.5. The molecule has 0 radical (unpaired) electrons. The van der Waals surface area contributed by atoms with E-state index >= 15 is 0 Å². The lowest BCUT2D eigenvalue weighted by atomic mass is 9.83. The van der Waals surface area contributed by atoms with E-state index in [1.165, 1.54) is 13.8 Å². The molecular formula is C18H21ClN2O4. The molecule has 0 atom stereocenters. The van der Waals surface area contributed by atoms with Crippen LogP contribution < -0.4 is 4.74 Å². The van der Waals surface area contributed by atoms with Crippen LogP contribution >= 0.6 is 12.4 Å². The van der Waals surface area contributed by atoms with Crippen LogP contribution in [0.25, 0.3) is 6.08 Å². The normalized spacial score (nSPS) is 19.7. The molecule has 6 nitrogen and oxygen atoms in total. The molecule has 0 amide bonds. The number of benzene rings is 1. The van der Waals surface area contributed by atoms with Crippen LogP contribution in [0.2, 0.25) is 0 Å². The van der Waals surface area contributed by atoms with Crippen molar-refractivity contribution < 1.29 is 19.2 Å². The van der Waals surface area contributed by atoms with Crippen molar-refractivity contribution in [3.05, 3.63) is 35.5 Å². The molecule has 4 rings (SSSR count). The summed E-state index contributed by atoms with van der Waals surface area (Å²) in [5.74, 6) is 0.00667. The van der Waals surface area contributed by atoms with E-state index < -0.39 is 5.97 Å². The molecule has 2 bridgehead atoms. The molecule has 3 aliphatic rings. The van der Waals surface area contributed by atoms with Gasteiger partial charge in [-0.25, -0.2) is 4.79 Å². The van der Waals surface area contributed by atoms with Gasteiger partial charge in [0.2, 0.25) is 0 Å². The fourth-order valence-electron chi connectivity index (χ4n) is 3.16. The number of carbonyl (C=O) groups is 2. The van der Waals surface area contributed by atoms with Crippen molar-refractivity contribution in [1.29, 1.82) is 0 Å². The summed E-state index contributed by atoms with van der Waals surface area (Å²) in [5.41, 5.74) is 2.52. The van der Waals surface area contributed by atoms with Crippen molar-refractivity contribution in [1.82, 2.24) is 4.90 Å². The molecule has 3 fully saturated rings. The number of hydrogen-bond donors (Lipinski definition) is 0. The lowest BCUT2D eigenvalue weighted by Crippen LogP contribution is -2.46. The molecule has 0 N–H and O–H groups in total.